The first kappa shape index (κ1) is 22.7. The zero-order valence-corrected chi connectivity index (χ0v) is 19.4. The second-order valence-electron chi connectivity index (χ2n) is 7.70. The van der Waals surface area contributed by atoms with Gasteiger partial charge in [0.05, 0.1) is 16.8 Å². The quantitative estimate of drug-likeness (QED) is 0.746. The lowest BCUT2D eigenvalue weighted by Crippen LogP contribution is -2.54. The number of halogens is 1. The predicted octanol–water partition coefficient (Wildman–Crippen LogP) is 2.90. The zero-order chi connectivity index (χ0) is 22.2. The highest BCUT2D eigenvalue weighted by molar-refractivity contribution is 7.89. The maximum atomic E-state index is 13.0. The molecule has 10 heteroatoms. The van der Waals surface area contributed by atoms with E-state index in [1.807, 2.05) is 37.8 Å². The van der Waals surface area contributed by atoms with Crippen molar-refractivity contribution in [2.45, 2.75) is 45.6 Å². The van der Waals surface area contributed by atoms with Crippen molar-refractivity contribution < 1.29 is 17.7 Å². The molecule has 30 heavy (non-hydrogen) atoms. The molecule has 3 rings (SSSR count). The predicted molar refractivity (Wildman–Crippen MR) is 115 cm³/mol. The molecule has 0 radical (unpaired) electrons. The van der Waals surface area contributed by atoms with Gasteiger partial charge < -0.3 is 9.84 Å². The topological polar surface area (TPSA) is 95.8 Å². The Bertz CT molecular complexity index is 1020. The van der Waals surface area contributed by atoms with Crippen LogP contribution >= 0.6 is 11.6 Å². The van der Waals surface area contributed by atoms with Crippen LogP contribution in [0.3, 0.4) is 0 Å². The maximum Gasteiger partial charge on any atom is 0.248 e. The third-order valence-corrected chi connectivity index (χ3v) is 7.89. The number of anilines is 1. The van der Waals surface area contributed by atoms with Crippen LogP contribution in [0.1, 0.15) is 29.5 Å². The van der Waals surface area contributed by atoms with Gasteiger partial charge in [-0.1, -0.05) is 22.8 Å². The summed E-state index contributed by atoms with van der Waals surface area (Å²) in [4.78, 5) is 14.9. The molecular weight excluding hydrogens is 428 g/mol. The summed E-state index contributed by atoms with van der Waals surface area (Å²) in [6, 6.07) is 3.35. The van der Waals surface area contributed by atoms with E-state index >= 15 is 0 Å². The molecule has 1 unspecified atom stereocenters. The summed E-state index contributed by atoms with van der Waals surface area (Å²) >= 11 is 6.30. The van der Waals surface area contributed by atoms with Crippen LogP contribution in [0.25, 0.3) is 0 Å². The van der Waals surface area contributed by atoms with Crippen molar-refractivity contribution in [1.29, 1.82) is 0 Å². The van der Waals surface area contributed by atoms with Gasteiger partial charge in [-0.25, -0.2) is 8.42 Å². The molecule has 0 bridgehead atoms. The van der Waals surface area contributed by atoms with Crippen molar-refractivity contribution in [2.24, 2.45) is 0 Å². The van der Waals surface area contributed by atoms with Crippen molar-refractivity contribution in [2.75, 3.05) is 31.5 Å². The highest BCUT2D eigenvalue weighted by Crippen LogP contribution is 2.28. The molecule has 1 fully saturated rings. The number of carbonyl (C=O) groups excluding carboxylic acids is 1. The second kappa shape index (κ2) is 8.66. The smallest absolute Gasteiger partial charge is 0.248 e. The molecule has 8 nitrogen and oxygen atoms in total. The number of hydrogen-bond donors (Lipinski definition) is 1. The fourth-order valence-corrected chi connectivity index (χ4v) is 5.85. The number of nitrogens with zero attached hydrogens (tertiary/aromatic N) is 3. The Morgan fingerprint density at radius 1 is 1.17 bits per heavy atom. The number of amides is 1. The van der Waals surface area contributed by atoms with Crippen molar-refractivity contribution in [3.8, 4) is 0 Å². The zero-order valence-electron chi connectivity index (χ0n) is 17.8. The third-order valence-electron chi connectivity index (χ3n) is 5.45. The molecule has 0 saturated carbocycles. The first-order valence-electron chi connectivity index (χ1n) is 9.77. The first-order chi connectivity index (χ1) is 14.0. The molecule has 1 saturated heterocycles. The summed E-state index contributed by atoms with van der Waals surface area (Å²) in [7, 11) is -3.68. The van der Waals surface area contributed by atoms with Gasteiger partial charge >= 0.3 is 0 Å². The van der Waals surface area contributed by atoms with E-state index in [0.717, 1.165) is 11.1 Å². The van der Waals surface area contributed by atoms with E-state index in [1.54, 1.807) is 13.8 Å². The summed E-state index contributed by atoms with van der Waals surface area (Å²) in [5, 5.41) is 7.17. The van der Waals surface area contributed by atoms with Crippen LogP contribution in [0.5, 0.6) is 0 Å². The molecule has 1 atom stereocenters. The van der Waals surface area contributed by atoms with Crippen molar-refractivity contribution in [3.05, 3.63) is 39.7 Å². The van der Waals surface area contributed by atoms with Gasteiger partial charge in [-0.15, -0.1) is 0 Å². The van der Waals surface area contributed by atoms with Gasteiger partial charge in [-0.2, -0.15) is 4.31 Å². The van der Waals surface area contributed by atoms with Gasteiger partial charge in [0.2, 0.25) is 15.9 Å². The fourth-order valence-electron chi connectivity index (χ4n) is 3.77. The van der Waals surface area contributed by atoms with Crippen LogP contribution in [0, 0.1) is 27.7 Å². The van der Waals surface area contributed by atoms with Crippen LogP contribution < -0.4 is 5.32 Å². The number of rotatable bonds is 5. The summed E-state index contributed by atoms with van der Waals surface area (Å²) in [6.45, 7) is 10.3. The van der Waals surface area contributed by atoms with Crippen molar-refractivity contribution >= 4 is 33.2 Å². The monoisotopic (exact) mass is 454 g/mol. The largest absolute Gasteiger partial charge is 0.360 e. The molecule has 164 valence electrons. The van der Waals surface area contributed by atoms with Crippen molar-refractivity contribution in [1.82, 2.24) is 14.4 Å². The molecule has 0 spiro atoms. The number of carbonyl (C=O) groups is 1. The Morgan fingerprint density at radius 3 is 2.33 bits per heavy atom. The lowest BCUT2D eigenvalue weighted by atomic mass is 10.1. The SMILES string of the molecule is Cc1cc(C)c(NC(=O)C(C)N2CCN(S(=O)(=O)c3c(C)noc3C)CC2)c(Cl)c1. The van der Waals surface area contributed by atoms with E-state index in [9.17, 15) is 13.2 Å². The van der Waals surface area contributed by atoms with Gasteiger partial charge in [0, 0.05) is 26.2 Å². The number of piperazine rings is 1. The third kappa shape index (κ3) is 4.39. The molecule has 1 aromatic carbocycles. The van der Waals surface area contributed by atoms with Crippen LogP contribution in [0.4, 0.5) is 5.69 Å². The Kier molecular flexibility index (Phi) is 6.57. The molecule has 1 aliphatic rings. The average molecular weight is 455 g/mol. The minimum atomic E-state index is -3.68. The van der Waals surface area contributed by atoms with Crippen LogP contribution in [0.15, 0.2) is 21.6 Å². The van der Waals surface area contributed by atoms with E-state index in [0.29, 0.717) is 29.5 Å². The minimum absolute atomic E-state index is 0.131. The van der Waals surface area contributed by atoms with Gasteiger partial charge in [-0.3, -0.25) is 9.69 Å². The molecular formula is C20H27ClN4O4S. The van der Waals surface area contributed by atoms with E-state index in [4.69, 9.17) is 16.1 Å². The Hall–Kier alpha value is -1.94. The van der Waals surface area contributed by atoms with E-state index in [2.05, 4.69) is 10.5 Å². The van der Waals surface area contributed by atoms with Gasteiger partial charge in [0.15, 0.2) is 5.76 Å². The Morgan fingerprint density at radius 2 is 1.80 bits per heavy atom. The molecule has 2 aromatic rings. The van der Waals surface area contributed by atoms with Crippen molar-refractivity contribution in [3.63, 3.8) is 0 Å². The molecule has 0 aliphatic carbocycles. The number of benzene rings is 1. The highest BCUT2D eigenvalue weighted by Gasteiger charge is 2.35. The highest BCUT2D eigenvalue weighted by atomic mass is 35.5. The Labute approximate surface area is 182 Å². The van der Waals surface area contributed by atoms with Gasteiger partial charge in [0.1, 0.15) is 10.6 Å². The normalized spacial score (nSPS) is 17.1. The number of nitrogens with one attached hydrogen (secondary N) is 1. The fraction of sp³-hybridized carbons (Fsp3) is 0.500. The lowest BCUT2D eigenvalue weighted by molar-refractivity contribution is -0.121. The van der Waals surface area contributed by atoms with E-state index in [-0.39, 0.29) is 29.7 Å². The first-order valence-corrected chi connectivity index (χ1v) is 11.6. The van der Waals surface area contributed by atoms with E-state index in [1.165, 1.54) is 4.31 Å². The number of aryl methyl sites for hydroxylation is 4. The maximum absolute atomic E-state index is 13.0. The lowest BCUT2D eigenvalue weighted by Gasteiger charge is -2.36. The summed E-state index contributed by atoms with van der Waals surface area (Å²) in [5.74, 6) is 0.110. The number of hydrogen-bond acceptors (Lipinski definition) is 6. The standard InChI is InChI=1S/C20H27ClN4O4S/c1-12-10-13(2)18(17(21)11-12)22-20(26)15(4)24-6-8-25(9-7-24)30(27,28)19-14(3)23-29-16(19)5/h10-11,15H,6-9H2,1-5H3,(H,22,26). The molecule has 1 N–H and O–H groups in total. The molecule has 1 aromatic heterocycles. The summed E-state index contributed by atoms with van der Waals surface area (Å²) in [5.41, 5.74) is 2.89. The Balaban J connectivity index is 1.65. The van der Waals surface area contributed by atoms with Crippen LogP contribution in [-0.4, -0.2) is 60.9 Å². The molecule has 1 amide bonds. The minimum Gasteiger partial charge on any atom is -0.360 e. The second-order valence-corrected chi connectivity index (χ2v) is 9.98. The van der Waals surface area contributed by atoms with E-state index < -0.39 is 16.1 Å². The number of sulfonamides is 1. The van der Waals surface area contributed by atoms with Gasteiger partial charge in [0.25, 0.3) is 0 Å². The summed E-state index contributed by atoms with van der Waals surface area (Å²) in [6.07, 6.45) is 0. The molecule has 1 aliphatic heterocycles. The van der Waals surface area contributed by atoms with Crippen LogP contribution in [0.2, 0.25) is 5.02 Å². The molecule has 2 heterocycles. The number of aromatic nitrogens is 1. The van der Waals surface area contributed by atoms with Gasteiger partial charge in [-0.05, 0) is 51.8 Å². The average Bonchev–Trinajstić information content (AvgIpc) is 3.02. The van der Waals surface area contributed by atoms with Crippen LogP contribution in [-0.2, 0) is 14.8 Å². The summed E-state index contributed by atoms with van der Waals surface area (Å²) < 4.78 is 32.3.